The number of nitrogens with zero attached hydrogens (tertiary/aromatic N) is 2. The Labute approximate surface area is 130 Å². The van der Waals surface area contributed by atoms with Gasteiger partial charge in [0.25, 0.3) is 5.56 Å². The lowest BCUT2D eigenvalue weighted by Gasteiger charge is -2.06. The van der Waals surface area contributed by atoms with Gasteiger partial charge in [0.15, 0.2) is 5.16 Å². The fourth-order valence-corrected chi connectivity index (χ4v) is 2.35. The van der Waals surface area contributed by atoms with Gasteiger partial charge in [-0.15, -0.1) is 11.6 Å². The molecule has 0 saturated carbocycles. The number of benzene rings is 1. The third-order valence-electron chi connectivity index (χ3n) is 2.58. The zero-order valence-electron chi connectivity index (χ0n) is 11.0. The van der Waals surface area contributed by atoms with Gasteiger partial charge in [-0.25, -0.2) is 4.98 Å². The van der Waals surface area contributed by atoms with Gasteiger partial charge in [0.1, 0.15) is 17.0 Å². The van der Waals surface area contributed by atoms with Gasteiger partial charge in [-0.2, -0.15) is 5.26 Å². The van der Waals surface area contributed by atoms with E-state index in [0.29, 0.717) is 5.56 Å². The van der Waals surface area contributed by atoms with Crippen molar-refractivity contribution in [2.75, 3.05) is 0 Å². The van der Waals surface area contributed by atoms with Crippen LogP contribution in [0.5, 0.6) is 0 Å². The molecule has 0 fully saturated rings. The van der Waals surface area contributed by atoms with Crippen LogP contribution in [0.2, 0.25) is 0 Å². The molecular weight excluding hydrogens is 310 g/mol. The molecule has 0 radical (unpaired) electrons. The van der Waals surface area contributed by atoms with Crippen molar-refractivity contribution in [1.29, 1.82) is 5.26 Å². The molecule has 5 nitrogen and oxygen atoms in total. The molecule has 1 unspecified atom stereocenters. The van der Waals surface area contributed by atoms with Crippen molar-refractivity contribution in [3.63, 3.8) is 0 Å². The second-order valence-corrected chi connectivity index (χ2v) is 5.76. The summed E-state index contributed by atoms with van der Waals surface area (Å²) in [7, 11) is 0. The van der Waals surface area contributed by atoms with Crippen molar-refractivity contribution in [1.82, 2.24) is 9.97 Å². The van der Waals surface area contributed by atoms with E-state index < -0.39 is 10.9 Å². The van der Waals surface area contributed by atoms with Crippen LogP contribution in [0.4, 0.5) is 0 Å². The van der Waals surface area contributed by atoms with Crippen molar-refractivity contribution in [2.24, 2.45) is 0 Å². The summed E-state index contributed by atoms with van der Waals surface area (Å²) < 4.78 is 0. The van der Waals surface area contributed by atoms with Crippen molar-refractivity contribution in [2.45, 2.75) is 17.5 Å². The van der Waals surface area contributed by atoms with Gasteiger partial charge in [0.2, 0.25) is 5.12 Å². The van der Waals surface area contributed by atoms with E-state index in [-0.39, 0.29) is 21.5 Å². The first-order chi connectivity index (χ1) is 10.0. The molecule has 1 N–H and O–H groups in total. The molecule has 0 amide bonds. The quantitative estimate of drug-likeness (QED) is 0.533. The Balaban J connectivity index is 2.54. The zero-order chi connectivity index (χ0) is 15.4. The first kappa shape index (κ1) is 15.3. The first-order valence-electron chi connectivity index (χ1n) is 5.98. The molecule has 21 heavy (non-hydrogen) atoms. The van der Waals surface area contributed by atoms with Crippen LogP contribution in [0, 0.1) is 11.3 Å². The fourth-order valence-electron chi connectivity index (χ4n) is 1.59. The summed E-state index contributed by atoms with van der Waals surface area (Å²) in [5.41, 5.74) is 0.216. The van der Waals surface area contributed by atoms with Crippen LogP contribution in [-0.2, 0) is 4.79 Å². The Morgan fingerprint density at radius 1 is 1.43 bits per heavy atom. The molecule has 1 aromatic carbocycles. The Morgan fingerprint density at radius 3 is 2.67 bits per heavy atom. The van der Waals surface area contributed by atoms with Crippen LogP contribution in [0.3, 0.4) is 0 Å². The number of halogens is 1. The van der Waals surface area contributed by atoms with Crippen molar-refractivity contribution in [3.05, 3.63) is 46.2 Å². The third kappa shape index (κ3) is 3.51. The molecule has 2 rings (SSSR count). The van der Waals surface area contributed by atoms with E-state index in [4.69, 9.17) is 16.9 Å². The SMILES string of the molecule is CC(Cl)C(=O)Sc1nc(-c2ccccc2)c(C#N)c(=O)[nH]1. The molecule has 0 spiro atoms. The number of thioether (sulfide) groups is 1. The molecular formula is C14H10ClN3O2S. The second kappa shape index (κ2) is 6.57. The maximum absolute atomic E-state index is 11.9. The van der Waals surface area contributed by atoms with Crippen LogP contribution >= 0.6 is 23.4 Å². The van der Waals surface area contributed by atoms with E-state index in [1.165, 1.54) is 6.92 Å². The zero-order valence-corrected chi connectivity index (χ0v) is 12.5. The number of alkyl halides is 1. The van der Waals surface area contributed by atoms with Gasteiger partial charge in [0, 0.05) is 5.56 Å². The smallest absolute Gasteiger partial charge is 0.270 e. The average Bonchev–Trinajstić information content (AvgIpc) is 2.47. The summed E-state index contributed by atoms with van der Waals surface area (Å²) in [6.45, 7) is 1.54. The van der Waals surface area contributed by atoms with Gasteiger partial charge in [0.05, 0.1) is 5.69 Å². The summed E-state index contributed by atoms with van der Waals surface area (Å²) in [5, 5.41) is 8.21. The standard InChI is InChI=1S/C14H10ClN3O2S/c1-8(15)13(20)21-14-17-11(9-5-3-2-4-6-9)10(7-16)12(19)18-14/h2-6,8H,1H3,(H,17,18,19). The highest BCUT2D eigenvalue weighted by atomic mass is 35.5. The number of nitriles is 1. The van der Waals surface area contributed by atoms with Crippen LogP contribution in [-0.4, -0.2) is 20.5 Å². The number of H-pyrrole nitrogens is 1. The second-order valence-electron chi connectivity index (χ2n) is 4.11. The molecule has 1 aromatic heterocycles. The van der Waals surface area contributed by atoms with Crippen LogP contribution in [0.25, 0.3) is 11.3 Å². The maximum atomic E-state index is 11.9. The predicted molar refractivity (Wildman–Crippen MR) is 81.2 cm³/mol. The predicted octanol–water partition coefficient (Wildman–Crippen LogP) is 2.55. The summed E-state index contributed by atoms with van der Waals surface area (Å²) in [6, 6.07) is 10.7. The van der Waals surface area contributed by atoms with Crippen LogP contribution < -0.4 is 5.56 Å². The van der Waals surface area contributed by atoms with Gasteiger partial charge in [-0.3, -0.25) is 14.6 Å². The minimum atomic E-state index is -0.698. The molecule has 0 aliphatic rings. The minimum absolute atomic E-state index is 0.0862. The highest BCUT2D eigenvalue weighted by molar-refractivity contribution is 8.13. The summed E-state index contributed by atoms with van der Waals surface area (Å²) in [5.74, 6) is 0. The van der Waals surface area contributed by atoms with E-state index in [2.05, 4.69) is 9.97 Å². The molecule has 0 bridgehead atoms. The van der Waals surface area contributed by atoms with E-state index in [1.54, 1.807) is 24.3 Å². The number of rotatable bonds is 3. The van der Waals surface area contributed by atoms with E-state index in [0.717, 1.165) is 11.8 Å². The lowest BCUT2D eigenvalue weighted by atomic mass is 10.1. The molecule has 0 saturated heterocycles. The van der Waals surface area contributed by atoms with E-state index in [1.807, 2.05) is 12.1 Å². The van der Waals surface area contributed by atoms with Crippen molar-refractivity contribution < 1.29 is 4.79 Å². The van der Waals surface area contributed by atoms with Crippen LogP contribution in [0.15, 0.2) is 40.3 Å². The van der Waals surface area contributed by atoms with E-state index >= 15 is 0 Å². The molecule has 106 valence electrons. The van der Waals surface area contributed by atoms with Gasteiger partial charge >= 0.3 is 0 Å². The summed E-state index contributed by atoms with van der Waals surface area (Å²) in [6.07, 6.45) is 0. The number of hydrogen-bond acceptors (Lipinski definition) is 5. The number of hydrogen-bond donors (Lipinski definition) is 1. The summed E-state index contributed by atoms with van der Waals surface area (Å²) >= 11 is 6.44. The van der Waals surface area contributed by atoms with Gasteiger partial charge in [-0.1, -0.05) is 30.3 Å². The largest absolute Gasteiger partial charge is 0.300 e. The molecule has 1 atom stereocenters. The van der Waals surface area contributed by atoms with Crippen molar-refractivity contribution in [3.8, 4) is 17.3 Å². The normalized spacial score (nSPS) is 11.7. The lowest BCUT2D eigenvalue weighted by molar-refractivity contribution is -0.110. The van der Waals surface area contributed by atoms with Gasteiger partial charge in [-0.05, 0) is 18.7 Å². The number of aromatic amines is 1. The number of carbonyl (C=O) groups is 1. The molecule has 0 aliphatic heterocycles. The Morgan fingerprint density at radius 2 is 2.10 bits per heavy atom. The van der Waals surface area contributed by atoms with E-state index in [9.17, 15) is 9.59 Å². The highest BCUT2D eigenvalue weighted by Crippen LogP contribution is 2.23. The number of carbonyl (C=O) groups excluding carboxylic acids is 1. The average molecular weight is 320 g/mol. The van der Waals surface area contributed by atoms with Crippen molar-refractivity contribution >= 4 is 28.5 Å². The third-order valence-corrected chi connectivity index (χ3v) is 3.85. The van der Waals surface area contributed by atoms with Gasteiger partial charge < -0.3 is 0 Å². The number of aromatic nitrogens is 2. The highest BCUT2D eigenvalue weighted by Gasteiger charge is 2.17. The molecule has 1 heterocycles. The number of nitrogens with one attached hydrogen (secondary N) is 1. The molecule has 2 aromatic rings. The Bertz CT molecular complexity index is 766. The Hall–Kier alpha value is -2.10. The molecule has 0 aliphatic carbocycles. The Kier molecular flexibility index (Phi) is 4.78. The topological polar surface area (TPSA) is 86.6 Å². The lowest BCUT2D eigenvalue weighted by Crippen LogP contribution is -2.16. The van der Waals surface area contributed by atoms with Crippen LogP contribution in [0.1, 0.15) is 12.5 Å². The monoisotopic (exact) mass is 319 g/mol. The first-order valence-corrected chi connectivity index (χ1v) is 7.24. The minimum Gasteiger partial charge on any atom is -0.300 e. The molecule has 7 heteroatoms. The maximum Gasteiger partial charge on any atom is 0.270 e. The summed E-state index contributed by atoms with van der Waals surface area (Å²) in [4.78, 5) is 30.2. The fraction of sp³-hybridized carbons (Fsp3) is 0.143.